The number of hydrogen-bond donors (Lipinski definition) is 2. The first-order valence-corrected chi connectivity index (χ1v) is 6.04. The minimum atomic E-state index is -0.609. The summed E-state index contributed by atoms with van der Waals surface area (Å²) in [5, 5.41) is 0. The van der Waals surface area contributed by atoms with Crippen LogP contribution in [0.15, 0.2) is 36.5 Å². The number of hydrazine groups is 1. The standard InChI is InChI=1S/C14H15F2N3O/c1-20-14-11(3-2-6-18-14)13(19-17)7-9-4-5-10(15)8-12(9)16/h2-6,8,13,19H,7,17H2,1H3. The molecule has 1 unspecified atom stereocenters. The summed E-state index contributed by atoms with van der Waals surface area (Å²) in [5.41, 5.74) is 3.67. The molecule has 0 aliphatic heterocycles. The van der Waals surface area contributed by atoms with E-state index in [-0.39, 0.29) is 6.42 Å². The highest BCUT2D eigenvalue weighted by Crippen LogP contribution is 2.25. The number of methoxy groups -OCH3 is 1. The second-order valence-electron chi connectivity index (χ2n) is 4.26. The molecule has 0 spiro atoms. The van der Waals surface area contributed by atoms with Crippen LogP contribution in [0.1, 0.15) is 17.2 Å². The Morgan fingerprint density at radius 3 is 2.80 bits per heavy atom. The van der Waals surface area contributed by atoms with Crippen molar-refractivity contribution in [2.24, 2.45) is 5.84 Å². The maximum Gasteiger partial charge on any atom is 0.217 e. The molecule has 2 aromatic rings. The van der Waals surface area contributed by atoms with E-state index in [1.165, 1.54) is 19.2 Å². The summed E-state index contributed by atoms with van der Waals surface area (Å²) >= 11 is 0. The summed E-state index contributed by atoms with van der Waals surface area (Å²) in [4.78, 5) is 4.07. The molecule has 106 valence electrons. The molecule has 0 bridgehead atoms. The van der Waals surface area contributed by atoms with Gasteiger partial charge >= 0.3 is 0 Å². The molecule has 0 saturated heterocycles. The smallest absolute Gasteiger partial charge is 0.217 e. The van der Waals surface area contributed by atoms with Crippen LogP contribution in [0, 0.1) is 11.6 Å². The second-order valence-corrected chi connectivity index (χ2v) is 4.26. The van der Waals surface area contributed by atoms with Crippen LogP contribution in [0.5, 0.6) is 5.88 Å². The Kier molecular flexibility index (Phi) is 4.60. The lowest BCUT2D eigenvalue weighted by Crippen LogP contribution is -2.30. The number of nitrogens with one attached hydrogen (secondary N) is 1. The van der Waals surface area contributed by atoms with Crippen molar-refractivity contribution >= 4 is 0 Å². The van der Waals surface area contributed by atoms with Crippen molar-refractivity contribution in [2.75, 3.05) is 7.11 Å². The molecule has 0 aliphatic rings. The first kappa shape index (κ1) is 14.4. The summed E-state index contributed by atoms with van der Waals surface area (Å²) in [5.74, 6) is 4.73. The summed E-state index contributed by atoms with van der Waals surface area (Å²) in [6, 6.07) is 6.60. The summed E-state index contributed by atoms with van der Waals surface area (Å²) in [7, 11) is 1.50. The van der Waals surface area contributed by atoms with Crippen LogP contribution in [0.25, 0.3) is 0 Å². The van der Waals surface area contributed by atoms with Crippen LogP contribution in [0.2, 0.25) is 0 Å². The van der Waals surface area contributed by atoms with Gasteiger partial charge in [-0.15, -0.1) is 0 Å². The molecule has 0 aliphatic carbocycles. The predicted molar refractivity (Wildman–Crippen MR) is 70.9 cm³/mol. The predicted octanol–water partition coefficient (Wildman–Crippen LogP) is 2.12. The molecule has 1 heterocycles. The van der Waals surface area contributed by atoms with Crippen molar-refractivity contribution in [1.29, 1.82) is 0 Å². The van der Waals surface area contributed by atoms with Gasteiger partial charge in [0.2, 0.25) is 5.88 Å². The minimum Gasteiger partial charge on any atom is -0.481 e. The average molecular weight is 279 g/mol. The van der Waals surface area contributed by atoms with Crippen LogP contribution in [0.3, 0.4) is 0 Å². The fraction of sp³-hybridized carbons (Fsp3) is 0.214. The Bertz CT molecular complexity index is 592. The highest BCUT2D eigenvalue weighted by Gasteiger charge is 2.18. The molecule has 0 fully saturated rings. The number of ether oxygens (including phenoxy) is 1. The number of pyridine rings is 1. The normalized spacial score (nSPS) is 12.2. The van der Waals surface area contributed by atoms with E-state index in [0.29, 0.717) is 17.0 Å². The Morgan fingerprint density at radius 2 is 2.15 bits per heavy atom. The largest absolute Gasteiger partial charge is 0.481 e. The van der Waals surface area contributed by atoms with E-state index in [1.54, 1.807) is 18.3 Å². The number of nitrogens with zero attached hydrogens (tertiary/aromatic N) is 1. The number of halogens is 2. The molecule has 0 radical (unpaired) electrons. The zero-order valence-corrected chi connectivity index (χ0v) is 10.9. The zero-order chi connectivity index (χ0) is 14.5. The Balaban J connectivity index is 2.29. The Morgan fingerprint density at radius 1 is 1.35 bits per heavy atom. The zero-order valence-electron chi connectivity index (χ0n) is 10.9. The maximum absolute atomic E-state index is 13.7. The molecule has 1 aromatic carbocycles. The quantitative estimate of drug-likeness (QED) is 0.650. The van der Waals surface area contributed by atoms with E-state index in [2.05, 4.69) is 10.4 Å². The van der Waals surface area contributed by atoms with Gasteiger partial charge in [-0.2, -0.15) is 0 Å². The lowest BCUT2D eigenvalue weighted by molar-refractivity contribution is 0.381. The van der Waals surface area contributed by atoms with E-state index in [0.717, 1.165) is 6.07 Å². The minimum absolute atomic E-state index is 0.255. The number of aromatic nitrogens is 1. The van der Waals surface area contributed by atoms with Gasteiger partial charge in [-0.3, -0.25) is 11.3 Å². The molecule has 3 N–H and O–H groups in total. The number of nitrogens with two attached hydrogens (primary N) is 1. The van der Waals surface area contributed by atoms with Crippen LogP contribution in [-0.2, 0) is 6.42 Å². The van der Waals surface area contributed by atoms with Gasteiger partial charge < -0.3 is 4.74 Å². The lowest BCUT2D eigenvalue weighted by atomic mass is 10.00. The molecule has 0 amide bonds. The number of benzene rings is 1. The van der Waals surface area contributed by atoms with E-state index < -0.39 is 17.7 Å². The van der Waals surface area contributed by atoms with Gasteiger partial charge in [0.05, 0.1) is 13.2 Å². The van der Waals surface area contributed by atoms with E-state index in [9.17, 15) is 8.78 Å². The van der Waals surface area contributed by atoms with Gasteiger partial charge in [0.1, 0.15) is 11.6 Å². The maximum atomic E-state index is 13.7. The van der Waals surface area contributed by atoms with Crippen LogP contribution < -0.4 is 16.0 Å². The molecule has 6 heteroatoms. The Hall–Kier alpha value is -2.05. The third kappa shape index (κ3) is 3.09. The fourth-order valence-corrected chi connectivity index (χ4v) is 2.00. The number of rotatable bonds is 5. The Labute approximate surface area is 115 Å². The molecular weight excluding hydrogens is 264 g/mol. The molecule has 1 aromatic heterocycles. The van der Waals surface area contributed by atoms with Crippen LogP contribution >= 0.6 is 0 Å². The van der Waals surface area contributed by atoms with Crippen LogP contribution in [-0.4, -0.2) is 12.1 Å². The first-order chi connectivity index (χ1) is 9.65. The molecule has 1 atom stereocenters. The van der Waals surface area contributed by atoms with E-state index >= 15 is 0 Å². The molecular formula is C14H15F2N3O. The molecule has 0 saturated carbocycles. The van der Waals surface area contributed by atoms with Crippen molar-refractivity contribution in [3.63, 3.8) is 0 Å². The van der Waals surface area contributed by atoms with Gasteiger partial charge in [-0.05, 0) is 24.1 Å². The highest BCUT2D eigenvalue weighted by atomic mass is 19.1. The van der Waals surface area contributed by atoms with Crippen molar-refractivity contribution in [1.82, 2.24) is 10.4 Å². The molecule has 2 rings (SSSR count). The van der Waals surface area contributed by atoms with Gasteiger partial charge in [0.15, 0.2) is 0 Å². The summed E-state index contributed by atoms with van der Waals surface area (Å²) < 4.78 is 31.7. The van der Waals surface area contributed by atoms with Crippen molar-refractivity contribution in [3.05, 3.63) is 59.3 Å². The third-order valence-electron chi connectivity index (χ3n) is 3.01. The average Bonchev–Trinajstić information content (AvgIpc) is 2.46. The van der Waals surface area contributed by atoms with E-state index in [4.69, 9.17) is 10.6 Å². The molecule has 20 heavy (non-hydrogen) atoms. The fourth-order valence-electron chi connectivity index (χ4n) is 2.00. The topological polar surface area (TPSA) is 60.2 Å². The summed E-state index contributed by atoms with van der Waals surface area (Å²) in [6.45, 7) is 0. The van der Waals surface area contributed by atoms with Crippen LogP contribution in [0.4, 0.5) is 8.78 Å². The van der Waals surface area contributed by atoms with E-state index in [1.807, 2.05) is 0 Å². The lowest BCUT2D eigenvalue weighted by Gasteiger charge is -2.18. The summed E-state index contributed by atoms with van der Waals surface area (Å²) in [6.07, 6.45) is 1.85. The number of hydrogen-bond acceptors (Lipinski definition) is 4. The van der Waals surface area contributed by atoms with Gasteiger partial charge in [-0.25, -0.2) is 13.8 Å². The monoisotopic (exact) mass is 279 g/mol. The SMILES string of the molecule is COc1ncccc1C(Cc1ccc(F)cc1F)NN. The second kappa shape index (κ2) is 6.40. The van der Waals surface area contributed by atoms with Crippen molar-refractivity contribution in [3.8, 4) is 5.88 Å². The van der Waals surface area contributed by atoms with Gasteiger partial charge in [0, 0.05) is 17.8 Å². The van der Waals surface area contributed by atoms with Gasteiger partial charge in [-0.1, -0.05) is 12.1 Å². The molecule has 4 nitrogen and oxygen atoms in total. The first-order valence-electron chi connectivity index (χ1n) is 6.04. The highest BCUT2D eigenvalue weighted by molar-refractivity contribution is 5.31. The van der Waals surface area contributed by atoms with Crippen molar-refractivity contribution < 1.29 is 13.5 Å². The van der Waals surface area contributed by atoms with Crippen molar-refractivity contribution in [2.45, 2.75) is 12.5 Å². The third-order valence-corrected chi connectivity index (χ3v) is 3.01. The van der Waals surface area contributed by atoms with Gasteiger partial charge in [0.25, 0.3) is 0 Å².